The van der Waals surface area contributed by atoms with Gasteiger partial charge in [-0.2, -0.15) is 0 Å². The van der Waals surface area contributed by atoms with E-state index in [0.29, 0.717) is 17.0 Å². The van der Waals surface area contributed by atoms with Gasteiger partial charge in [0.2, 0.25) is 5.91 Å². The number of fused-ring (bicyclic) bond motifs is 1. The number of aliphatic carboxylic acids is 1. The van der Waals surface area contributed by atoms with Gasteiger partial charge in [-0.05, 0) is 36.8 Å². The minimum atomic E-state index is -1.21. The lowest BCUT2D eigenvalue weighted by Gasteiger charge is -2.19. The standard InChI is InChI=1S/C22H23N3O5/c1-13(20(26)24-19(22(28)29)14-7-5-4-6-8-14)23-21(27)18-12-15-11-16(30-3)9-10-17(15)25(18)2/h4-13,19H,1-3H3,(H,23,27)(H,24,26)(H,28,29). The first-order valence-corrected chi connectivity index (χ1v) is 9.34. The molecule has 2 unspecified atom stereocenters. The molecule has 0 spiro atoms. The summed E-state index contributed by atoms with van der Waals surface area (Å²) >= 11 is 0. The minimum Gasteiger partial charge on any atom is -0.497 e. The molecule has 1 heterocycles. The Kier molecular flexibility index (Phi) is 6.06. The largest absolute Gasteiger partial charge is 0.497 e. The second kappa shape index (κ2) is 8.69. The van der Waals surface area contributed by atoms with Gasteiger partial charge < -0.3 is 25.0 Å². The number of amides is 2. The Morgan fingerprint density at radius 3 is 2.37 bits per heavy atom. The van der Waals surface area contributed by atoms with E-state index in [2.05, 4.69) is 10.6 Å². The van der Waals surface area contributed by atoms with Crippen molar-refractivity contribution in [2.24, 2.45) is 7.05 Å². The number of nitrogens with one attached hydrogen (secondary N) is 2. The van der Waals surface area contributed by atoms with Crippen LogP contribution >= 0.6 is 0 Å². The zero-order valence-electron chi connectivity index (χ0n) is 16.9. The van der Waals surface area contributed by atoms with E-state index in [1.165, 1.54) is 6.92 Å². The molecular weight excluding hydrogens is 386 g/mol. The SMILES string of the molecule is COc1ccc2c(c1)cc(C(=O)NC(C)C(=O)NC(C(=O)O)c1ccccc1)n2C. The van der Waals surface area contributed by atoms with Crippen molar-refractivity contribution < 1.29 is 24.2 Å². The molecule has 3 N–H and O–H groups in total. The molecule has 2 atom stereocenters. The summed E-state index contributed by atoms with van der Waals surface area (Å²) in [6.07, 6.45) is 0. The number of methoxy groups -OCH3 is 1. The van der Waals surface area contributed by atoms with Crippen molar-refractivity contribution in [1.82, 2.24) is 15.2 Å². The first-order valence-electron chi connectivity index (χ1n) is 9.34. The van der Waals surface area contributed by atoms with Crippen LogP contribution in [0.5, 0.6) is 5.75 Å². The second-order valence-electron chi connectivity index (χ2n) is 6.90. The van der Waals surface area contributed by atoms with Gasteiger partial charge in [-0.1, -0.05) is 30.3 Å². The van der Waals surface area contributed by atoms with E-state index >= 15 is 0 Å². The molecule has 0 aliphatic heterocycles. The minimum absolute atomic E-state index is 0.371. The quantitative estimate of drug-likeness (QED) is 0.554. The van der Waals surface area contributed by atoms with E-state index in [-0.39, 0.29) is 0 Å². The normalized spacial score (nSPS) is 12.8. The molecule has 2 aromatic carbocycles. The van der Waals surface area contributed by atoms with Gasteiger partial charge in [0.05, 0.1) is 7.11 Å². The molecule has 0 aliphatic rings. The van der Waals surface area contributed by atoms with Crippen molar-refractivity contribution in [1.29, 1.82) is 0 Å². The zero-order valence-corrected chi connectivity index (χ0v) is 16.9. The van der Waals surface area contributed by atoms with Gasteiger partial charge in [-0.3, -0.25) is 9.59 Å². The van der Waals surface area contributed by atoms with Crippen LogP contribution in [0, 0.1) is 0 Å². The van der Waals surface area contributed by atoms with Crippen LogP contribution in [0.15, 0.2) is 54.6 Å². The average molecular weight is 409 g/mol. The van der Waals surface area contributed by atoms with Crippen LogP contribution in [-0.4, -0.2) is 40.6 Å². The fourth-order valence-corrected chi connectivity index (χ4v) is 3.21. The maximum atomic E-state index is 12.7. The molecule has 0 fully saturated rings. The maximum Gasteiger partial charge on any atom is 0.330 e. The Morgan fingerprint density at radius 2 is 1.73 bits per heavy atom. The summed E-state index contributed by atoms with van der Waals surface area (Å²) in [5.41, 5.74) is 1.66. The molecule has 3 aromatic rings. The number of benzene rings is 2. The Hall–Kier alpha value is -3.81. The van der Waals surface area contributed by atoms with Crippen LogP contribution < -0.4 is 15.4 Å². The lowest BCUT2D eigenvalue weighted by Crippen LogP contribution is -2.47. The first kappa shape index (κ1) is 20.9. The molecule has 3 rings (SSSR count). The van der Waals surface area contributed by atoms with Gasteiger partial charge in [0.15, 0.2) is 6.04 Å². The van der Waals surface area contributed by atoms with Crippen LogP contribution in [-0.2, 0) is 16.6 Å². The Bertz CT molecular complexity index is 1090. The number of carbonyl (C=O) groups excluding carboxylic acids is 2. The molecule has 1 aromatic heterocycles. The van der Waals surface area contributed by atoms with E-state index in [4.69, 9.17) is 4.74 Å². The number of carbonyl (C=O) groups is 3. The number of aromatic nitrogens is 1. The van der Waals surface area contributed by atoms with Crippen molar-refractivity contribution >= 4 is 28.7 Å². The first-order chi connectivity index (χ1) is 14.3. The summed E-state index contributed by atoms with van der Waals surface area (Å²) in [5.74, 6) is -1.55. The number of carboxylic acids is 1. The monoisotopic (exact) mass is 409 g/mol. The highest BCUT2D eigenvalue weighted by atomic mass is 16.5. The Morgan fingerprint density at radius 1 is 1.03 bits per heavy atom. The van der Waals surface area contributed by atoms with Crippen molar-refractivity contribution in [3.05, 3.63) is 65.9 Å². The molecular formula is C22H23N3O5. The summed E-state index contributed by atoms with van der Waals surface area (Å²) in [7, 11) is 3.32. The smallest absolute Gasteiger partial charge is 0.330 e. The average Bonchev–Trinajstić information content (AvgIpc) is 3.08. The molecule has 0 radical (unpaired) electrons. The van der Waals surface area contributed by atoms with Crippen LogP contribution in [0.1, 0.15) is 29.0 Å². The predicted molar refractivity (Wildman–Crippen MR) is 111 cm³/mol. The third-order valence-electron chi connectivity index (χ3n) is 4.89. The molecule has 2 amide bonds. The highest BCUT2D eigenvalue weighted by Crippen LogP contribution is 2.23. The van der Waals surface area contributed by atoms with Crippen LogP contribution in [0.2, 0.25) is 0 Å². The van der Waals surface area contributed by atoms with Crippen LogP contribution in [0.4, 0.5) is 0 Å². The fourth-order valence-electron chi connectivity index (χ4n) is 3.21. The molecule has 8 heteroatoms. The van der Waals surface area contributed by atoms with E-state index in [9.17, 15) is 19.5 Å². The van der Waals surface area contributed by atoms with Gasteiger partial charge in [0, 0.05) is 18.0 Å². The number of hydrogen-bond acceptors (Lipinski definition) is 4. The van der Waals surface area contributed by atoms with E-state index in [0.717, 1.165) is 10.9 Å². The van der Waals surface area contributed by atoms with Gasteiger partial charge in [-0.15, -0.1) is 0 Å². The molecule has 0 saturated heterocycles. The molecule has 30 heavy (non-hydrogen) atoms. The van der Waals surface area contributed by atoms with Gasteiger partial charge >= 0.3 is 5.97 Å². The summed E-state index contributed by atoms with van der Waals surface area (Å²) in [5, 5.41) is 15.4. The topological polar surface area (TPSA) is 110 Å². The number of nitrogens with zero attached hydrogens (tertiary/aromatic N) is 1. The lowest BCUT2D eigenvalue weighted by molar-refractivity contribution is -0.142. The second-order valence-corrected chi connectivity index (χ2v) is 6.90. The van der Waals surface area contributed by atoms with Crippen molar-refractivity contribution in [2.45, 2.75) is 19.0 Å². The lowest BCUT2D eigenvalue weighted by atomic mass is 10.1. The van der Waals surface area contributed by atoms with Crippen molar-refractivity contribution in [3.8, 4) is 5.75 Å². The number of aryl methyl sites for hydroxylation is 1. The van der Waals surface area contributed by atoms with Crippen LogP contribution in [0.3, 0.4) is 0 Å². The summed E-state index contributed by atoms with van der Waals surface area (Å²) in [6, 6.07) is 13.4. The van der Waals surface area contributed by atoms with Crippen LogP contribution in [0.25, 0.3) is 10.9 Å². The highest BCUT2D eigenvalue weighted by Gasteiger charge is 2.26. The molecule has 156 valence electrons. The Labute approximate surface area is 173 Å². The summed E-state index contributed by atoms with van der Waals surface area (Å²) < 4.78 is 6.93. The predicted octanol–water partition coefficient (Wildman–Crippen LogP) is 2.25. The zero-order chi connectivity index (χ0) is 21.8. The summed E-state index contributed by atoms with van der Waals surface area (Å²) in [4.78, 5) is 36.8. The van der Waals surface area contributed by atoms with Crippen molar-refractivity contribution in [2.75, 3.05) is 7.11 Å². The van der Waals surface area contributed by atoms with Crippen molar-refractivity contribution in [3.63, 3.8) is 0 Å². The number of rotatable bonds is 7. The van der Waals surface area contributed by atoms with Gasteiger partial charge in [0.25, 0.3) is 5.91 Å². The van der Waals surface area contributed by atoms with Gasteiger partial charge in [-0.25, -0.2) is 4.79 Å². The molecule has 0 bridgehead atoms. The van der Waals surface area contributed by atoms with Gasteiger partial charge in [0.1, 0.15) is 17.5 Å². The Balaban J connectivity index is 1.73. The fraction of sp³-hybridized carbons (Fsp3) is 0.227. The van der Waals surface area contributed by atoms with E-state index in [1.807, 2.05) is 12.1 Å². The number of ether oxygens (including phenoxy) is 1. The summed E-state index contributed by atoms with van der Waals surface area (Å²) in [6.45, 7) is 1.50. The molecule has 0 saturated carbocycles. The third kappa shape index (κ3) is 4.27. The molecule has 8 nitrogen and oxygen atoms in total. The maximum absolute atomic E-state index is 12.7. The number of carboxylic acid groups (broad SMARTS) is 1. The number of hydrogen-bond donors (Lipinski definition) is 3. The third-order valence-corrected chi connectivity index (χ3v) is 4.89. The highest BCUT2D eigenvalue weighted by molar-refractivity contribution is 6.01. The van der Waals surface area contributed by atoms with E-state index < -0.39 is 29.9 Å². The molecule has 0 aliphatic carbocycles. The van der Waals surface area contributed by atoms with E-state index in [1.54, 1.807) is 61.2 Å².